The quantitative estimate of drug-likeness (QED) is 0.663. The van der Waals surface area contributed by atoms with Gasteiger partial charge in [0, 0.05) is 5.69 Å². The molecule has 0 fully saturated rings. The Balaban J connectivity index is 1.91. The first kappa shape index (κ1) is 15.1. The number of nitrogens with one attached hydrogen (secondary N) is 1. The lowest BCUT2D eigenvalue weighted by molar-refractivity contribution is 0.0601. The van der Waals surface area contributed by atoms with Gasteiger partial charge in [-0.3, -0.25) is 0 Å². The zero-order valence-corrected chi connectivity index (χ0v) is 13.7. The van der Waals surface area contributed by atoms with Crippen LogP contribution in [0.1, 0.15) is 10.4 Å². The number of benzene rings is 2. The number of carbonyl (C=O) groups excluding carboxylic acids is 1. The van der Waals surface area contributed by atoms with Crippen molar-refractivity contribution in [3.05, 3.63) is 52.0 Å². The molecule has 0 saturated carbocycles. The second-order valence-corrected chi connectivity index (χ2v) is 6.30. The van der Waals surface area contributed by atoms with Crippen LogP contribution in [0.3, 0.4) is 0 Å². The zero-order chi connectivity index (χ0) is 15.7. The molecule has 0 spiro atoms. The summed E-state index contributed by atoms with van der Waals surface area (Å²) in [6.45, 7) is 0. The van der Waals surface area contributed by atoms with Crippen LogP contribution in [0.2, 0.25) is 10.0 Å². The number of methoxy groups -OCH3 is 1. The van der Waals surface area contributed by atoms with E-state index in [1.165, 1.54) is 18.4 Å². The number of thiazole rings is 1. The van der Waals surface area contributed by atoms with Gasteiger partial charge in [-0.2, -0.15) is 0 Å². The molecule has 1 N–H and O–H groups in total. The molecule has 1 heterocycles. The van der Waals surface area contributed by atoms with Crippen LogP contribution < -0.4 is 5.32 Å². The Bertz CT molecular complexity index is 825. The molecule has 112 valence electrons. The second-order valence-electron chi connectivity index (χ2n) is 4.45. The number of rotatable bonds is 3. The fourth-order valence-corrected chi connectivity index (χ4v) is 3.24. The molecule has 0 aliphatic heterocycles. The van der Waals surface area contributed by atoms with Crippen LogP contribution in [-0.4, -0.2) is 18.1 Å². The van der Waals surface area contributed by atoms with Crippen molar-refractivity contribution in [3.63, 3.8) is 0 Å². The van der Waals surface area contributed by atoms with Gasteiger partial charge in [0.05, 0.1) is 32.9 Å². The summed E-state index contributed by atoms with van der Waals surface area (Å²) in [7, 11) is 1.35. The Morgan fingerprint density at radius 2 is 2.00 bits per heavy atom. The first-order chi connectivity index (χ1) is 10.6. The number of fused-ring (bicyclic) bond motifs is 1. The fraction of sp³-hybridized carbons (Fsp3) is 0.0667. The van der Waals surface area contributed by atoms with E-state index in [0.717, 1.165) is 15.9 Å². The molecule has 0 unspecified atom stereocenters. The van der Waals surface area contributed by atoms with Crippen molar-refractivity contribution in [1.82, 2.24) is 4.98 Å². The van der Waals surface area contributed by atoms with Gasteiger partial charge in [-0.25, -0.2) is 9.78 Å². The van der Waals surface area contributed by atoms with Crippen molar-refractivity contribution in [2.75, 3.05) is 12.4 Å². The molecule has 7 heteroatoms. The molecule has 0 radical (unpaired) electrons. The van der Waals surface area contributed by atoms with Crippen molar-refractivity contribution >= 4 is 61.5 Å². The van der Waals surface area contributed by atoms with Crippen molar-refractivity contribution in [3.8, 4) is 0 Å². The Morgan fingerprint density at radius 3 is 2.77 bits per heavy atom. The molecule has 0 aliphatic carbocycles. The Labute approximate surface area is 140 Å². The molecule has 1 aromatic heterocycles. The molecule has 2 aromatic carbocycles. The smallest absolute Gasteiger partial charge is 0.337 e. The van der Waals surface area contributed by atoms with E-state index in [9.17, 15) is 4.79 Å². The van der Waals surface area contributed by atoms with Gasteiger partial charge in [0.2, 0.25) is 0 Å². The topological polar surface area (TPSA) is 51.2 Å². The number of ether oxygens (including phenoxy) is 1. The summed E-state index contributed by atoms with van der Waals surface area (Å²) in [5, 5.41) is 4.82. The highest BCUT2D eigenvalue weighted by Crippen LogP contribution is 2.34. The van der Waals surface area contributed by atoms with Gasteiger partial charge < -0.3 is 10.1 Å². The van der Waals surface area contributed by atoms with E-state index in [4.69, 9.17) is 27.9 Å². The van der Waals surface area contributed by atoms with Crippen LogP contribution in [-0.2, 0) is 4.74 Å². The van der Waals surface area contributed by atoms with Crippen molar-refractivity contribution in [2.45, 2.75) is 0 Å². The largest absolute Gasteiger partial charge is 0.465 e. The molecule has 0 aliphatic rings. The van der Waals surface area contributed by atoms with Gasteiger partial charge >= 0.3 is 5.97 Å². The SMILES string of the molecule is COC(=O)c1cccc(Nc2nc3cc(Cl)c(Cl)cc3s2)c1. The highest BCUT2D eigenvalue weighted by molar-refractivity contribution is 7.22. The van der Waals surface area contributed by atoms with Crippen molar-refractivity contribution in [1.29, 1.82) is 0 Å². The minimum Gasteiger partial charge on any atom is -0.465 e. The maximum atomic E-state index is 11.5. The summed E-state index contributed by atoms with van der Waals surface area (Å²) in [6.07, 6.45) is 0. The average molecular weight is 353 g/mol. The highest BCUT2D eigenvalue weighted by Gasteiger charge is 2.09. The predicted octanol–water partition coefficient (Wildman–Crippen LogP) is 5.13. The number of aromatic nitrogens is 1. The van der Waals surface area contributed by atoms with Gasteiger partial charge in [0.15, 0.2) is 5.13 Å². The minimum atomic E-state index is -0.383. The lowest BCUT2D eigenvalue weighted by atomic mass is 10.2. The lowest BCUT2D eigenvalue weighted by Gasteiger charge is -2.04. The van der Waals surface area contributed by atoms with E-state index in [1.807, 2.05) is 6.07 Å². The molecule has 0 atom stereocenters. The normalized spacial score (nSPS) is 10.7. The minimum absolute atomic E-state index is 0.383. The molecule has 3 rings (SSSR count). The van der Waals surface area contributed by atoms with Crippen LogP contribution in [0.5, 0.6) is 0 Å². The van der Waals surface area contributed by atoms with Gasteiger partial charge in [0.25, 0.3) is 0 Å². The Kier molecular flexibility index (Phi) is 4.20. The second kappa shape index (κ2) is 6.12. The predicted molar refractivity (Wildman–Crippen MR) is 90.7 cm³/mol. The van der Waals surface area contributed by atoms with Gasteiger partial charge in [-0.1, -0.05) is 40.6 Å². The Morgan fingerprint density at radius 1 is 1.23 bits per heavy atom. The molecule has 4 nitrogen and oxygen atoms in total. The number of halogens is 2. The number of nitrogens with zero attached hydrogens (tertiary/aromatic N) is 1. The number of anilines is 2. The van der Waals surface area contributed by atoms with E-state index < -0.39 is 0 Å². The molecule has 0 saturated heterocycles. The standard InChI is InChI=1S/C15H10Cl2N2O2S/c1-21-14(20)8-3-2-4-9(5-8)18-15-19-12-6-10(16)11(17)7-13(12)22-15/h2-7H,1H3,(H,18,19). The first-order valence-corrected chi connectivity index (χ1v) is 7.85. The molecule has 22 heavy (non-hydrogen) atoms. The number of carbonyl (C=O) groups is 1. The van der Waals surface area contributed by atoms with E-state index in [0.29, 0.717) is 20.7 Å². The number of hydrogen-bond donors (Lipinski definition) is 1. The van der Waals surface area contributed by atoms with E-state index in [-0.39, 0.29) is 5.97 Å². The van der Waals surface area contributed by atoms with Crippen LogP contribution in [0.4, 0.5) is 10.8 Å². The fourth-order valence-electron chi connectivity index (χ4n) is 1.94. The lowest BCUT2D eigenvalue weighted by Crippen LogP contribution is -2.01. The van der Waals surface area contributed by atoms with Crippen LogP contribution in [0.15, 0.2) is 36.4 Å². The van der Waals surface area contributed by atoms with Gasteiger partial charge in [0.1, 0.15) is 0 Å². The van der Waals surface area contributed by atoms with Crippen molar-refractivity contribution in [2.24, 2.45) is 0 Å². The summed E-state index contributed by atoms with van der Waals surface area (Å²) >= 11 is 13.4. The van der Waals surface area contributed by atoms with E-state index in [1.54, 1.807) is 30.3 Å². The summed E-state index contributed by atoms with van der Waals surface area (Å²) in [6, 6.07) is 10.5. The molecular formula is C15H10Cl2N2O2S. The molecular weight excluding hydrogens is 343 g/mol. The van der Waals surface area contributed by atoms with Gasteiger partial charge in [-0.05, 0) is 30.3 Å². The monoisotopic (exact) mass is 352 g/mol. The molecule has 0 bridgehead atoms. The first-order valence-electron chi connectivity index (χ1n) is 6.28. The number of esters is 1. The number of hydrogen-bond acceptors (Lipinski definition) is 5. The van der Waals surface area contributed by atoms with Crippen LogP contribution >= 0.6 is 34.5 Å². The van der Waals surface area contributed by atoms with E-state index >= 15 is 0 Å². The van der Waals surface area contributed by atoms with Gasteiger partial charge in [-0.15, -0.1) is 0 Å². The third-order valence-corrected chi connectivity index (χ3v) is 4.62. The summed E-state index contributed by atoms with van der Waals surface area (Å²) < 4.78 is 5.64. The molecule has 3 aromatic rings. The van der Waals surface area contributed by atoms with Crippen LogP contribution in [0, 0.1) is 0 Å². The summed E-state index contributed by atoms with van der Waals surface area (Å²) in [4.78, 5) is 16.0. The summed E-state index contributed by atoms with van der Waals surface area (Å²) in [5.74, 6) is -0.383. The Hall–Kier alpha value is -1.82. The van der Waals surface area contributed by atoms with E-state index in [2.05, 4.69) is 10.3 Å². The highest BCUT2D eigenvalue weighted by atomic mass is 35.5. The zero-order valence-electron chi connectivity index (χ0n) is 11.4. The summed E-state index contributed by atoms with van der Waals surface area (Å²) in [5.41, 5.74) is 1.99. The average Bonchev–Trinajstić information content (AvgIpc) is 2.88. The maximum Gasteiger partial charge on any atom is 0.337 e. The van der Waals surface area contributed by atoms with Crippen molar-refractivity contribution < 1.29 is 9.53 Å². The molecule has 0 amide bonds. The third kappa shape index (κ3) is 3.02. The maximum absolute atomic E-state index is 11.5. The third-order valence-electron chi connectivity index (χ3n) is 2.97. The van der Waals surface area contributed by atoms with Crippen LogP contribution in [0.25, 0.3) is 10.2 Å².